The molecule has 0 spiro atoms. The van der Waals surface area contributed by atoms with E-state index in [1.807, 2.05) is 6.07 Å². The van der Waals surface area contributed by atoms with Crippen LogP contribution in [0, 0.1) is 11.3 Å². The van der Waals surface area contributed by atoms with Gasteiger partial charge >= 0.3 is 6.03 Å². The van der Waals surface area contributed by atoms with Crippen LogP contribution in [0.25, 0.3) is 0 Å². The van der Waals surface area contributed by atoms with Gasteiger partial charge in [0.1, 0.15) is 6.54 Å². The standard InChI is InChI=1S/C10H7N3O2/c11-5-7-2-1-3-8(4-7)13-6-9(14)12-10(13)15/h1-4H,6H2,(H,12,14,15). The number of nitrogens with one attached hydrogen (secondary N) is 1. The van der Waals surface area contributed by atoms with Gasteiger partial charge in [0.05, 0.1) is 11.6 Å². The van der Waals surface area contributed by atoms with Gasteiger partial charge in [0.25, 0.3) is 0 Å². The number of imide groups is 1. The Morgan fingerprint density at radius 3 is 2.80 bits per heavy atom. The maximum atomic E-state index is 11.3. The van der Waals surface area contributed by atoms with Gasteiger partial charge in [-0.1, -0.05) is 6.07 Å². The number of amides is 3. The van der Waals surface area contributed by atoms with E-state index in [2.05, 4.69) is 5.32 Å². The number of benzene rings is 1. The van der Waals surface area contributed by atoms with Gasteiger partial charge in [0, 0.05) is 5.69 Å². The summed E-state index contributed by atoms with van der Waals surface area (Å²) < 4.78 is 0. The summed E-state index contributed by atoms with van der Waals surface area (Å²) in [5.41, 5.74) is 1.01. The number of nitriles is 1. The highest BCUT2D eigenvalue weighted by Gasteiger charge is 2.27. The lowest BCUT2D eigenvalue weighted by Gasteiger charge is -2.12. The fourth-order valence-electron chi connectivity index (χ4n) is 1.39. The number of rotatable bonds is 1. The van der Waals surface area contributed by atoms with E-state index < -0.39 is 6.03 Å². The number of urea groups is 1. The van der Waals surface area contributed by atoms with Crippen molar-refractivity contribution in [2.24, 2.45) is 0 Å². The fraction of sp³-hybridized carbons (Fsp3) is 0.100. The molecule has 1 aliphatic heterocycles. The van der Waals surface area contributed by atoms with Crippen molar-refractivity contribution in [1.82, 2.24) is 5.32 Å². The number of carbonyl (C=O) groups is 2. The Morgan fingerprint density at radius 2 is 2.20 bits per heavy atom. The first-order chi connectivity index (χ1) is 7.20. The zero-order valence-electron chi connectivity index (χ0n) is 7.73. The van der Waals surface area contributed by atoms with Gasteiger partial charge in [-0.2, -0.15) is 5.26 Å². The molecule has 1 aromatic rings. The maximum Gasteiger partial charge on any atom is 0.329 e. The molecule has 0 bridgehead atoms. The van der Waals surface area contributed by atoms with Crippen LogP contribution >= 0.6 is 0 Å². The maximum absolute atomic E-state index is 11.3. The van der Waals surface area contributed by atoms with Crippen LogP contribution in [0.1, 0.15) is 5.56 Å². The minimum Gasteiger partial charge on any atom is -0.285 e. The molecule has 0 saturated carbocycles. The molecule has 1 heterocycles. The third kappa shape index (κ3) is 1.65. The van der Waals surface area contributed by atoms with Crippen molar-refractivity contribution in [3.63, 3.8) is 0 Å². The van der Waals surface area contributed by atoms with E-state index in [0.717, 1.165) is 0 Å². The van der Waals surface area contributed by atoms with Crippen molar-refractivity contribution in [2.45, 2.75) is 0 Å². The SMILES string of the molecule is N#Cc1cccc(N2CC(=O)NC2=O)c1. The lowest BCUT2D eigenvalue weighted by molar-refractivity contribution is -0.117. The highest BCUT2D eigenvalue weighted by molar-refractivity contribution is 6.12. The second kappa shape index (κ2) is 3.42. The summed E-state index contributed by atoms with van der Waals surface area (Å²) in [6.07, 6.45) is 0. The summed E-state index contributed by atoms with van der Waals surface area (Å²) in [5.74, 6) is -0.331. The molecule has 0 atom stereocenters. The molecule has 5 nitrogen and oxygen atoms in total. The molecule has 1 aromatic carbocycles. The molecule has 3 amide bonds. The van der Waals surface area contributed by atoms with E-state index in [1.165, 1.54) is 4.90 Å². The van der Waals surface area contributed by atoms with Gasteiger partial charge in [-0.05, 0) is 18.2 Å². The van der Waals surface area contributed by atoms with Crippen LogP contribution in [-0.2, 0) is 4.79 Å². The lowest BCUT2D eigenvalue weighted by Crippen LogP contribution is -2.27. The van der Waals surface area contributed by atoms with Crippen LogP contribution in [0.3, 0.4) is 0 Å². The second-order valence-corrected chi connectivity index (χ2v) is 3.10. The van der Waals surface area contributed by atoms with Crippen LogP contribution in [0.15, 0.2) is 24.3 Å². The lowest BCUT2D eigenvalue weighted by atomic mass is 10.2. The molecule has 0 aromatic heterocycles. The van der Waals surface area contributed by atoms with E-state index in [9.17, 15) is 9.59 Å². The summed E-state index contributed by atoms with van der Waals surface area (Å²) in [6.45, 7) is 0.00765. The van der Waals surface area contributed by atoms with Gasteiger partial charge < -0.3 is 0 Å². The van der Waals surface area contributed by atoms with Gasteiger partial charge in [-0.15, -0.1) is 0 Å². The van der Waals surface area contributed by atoms with Crippen LogP contribution in [0.5, 0.6) is 0 Å². The predicted molar refractivity (Wildman–Crippen MR) is 52.0 cm³/mol. The summed E-state index contributed by atoms with van der Waals surface area (Å²) in [5, 5.41) is 10.9. The molecule has 1 N–H and O–H groups in total. The normalized spacial score (nSPS) is 15.0. The zero-order chi connectivity index (χ0) is 10.8. The Hall–Kier alpha value is -2.35. The average Bonchev–Trinajstić information content (AvgIpc) is 2.58. The molecule has 0 aliphatic carbocycles. The molecule has 1 aliphatic rings. The average molecular weight is 201 g/mol. The van der Waals surface area contributed by atoms with E-state index in [-0.39, 0.29) is 12.5 Å². The molecule has 2 rings (SSSR count). The van der Waals surface area contributed by atoms with Crippen LogP contribution in [0.2, 0.25) is 0 Å². The van der Waals surface area contributed by atoms with E-state index in [1.54, 1.807) is 24.3 Å². The fourth-order valence-corrected chi connectivity index (χ4v) is 1.39. The Kier molecular flexibility index (Phi) is 2.10. The third-order valence-corrected chi connectivity index (χ3v) is 2.08. The molecule has 0 radical (unpaired) electrons. The first kappa shape index (κ1) is 9.21. The smallest absolute Gasteiger partial charge is 0.285 e. The first-order valence-corrected chi connectivity index (χ1v) is 4.32. The second-order valence-electron chi connectivity index (χ2n) is 3.10. The quantitative estimate of drug-likeness (QED) is 0.676. The van der Waals surface area contributed by atoms with Crippen LogP contribution < -0.4 is 10.2 Å². The van der Waals surface area contributed by atoms with Crippen molar-refractivity contribution in [3.8, 4) is 6.07 Å². The van der Waals surface area contributed by atoms with Crippen molar-refractivity contribution in [1.29, 1.82) is 5.26 Å². The molecular formula is C10H7N3O2. The van der Waals surface area contributed by atoms with Crippen molar-refractivity contribution in [3.05, 3.63) is 29.8 Å². The largest absolute Gasteiger partial charge is 0.329 e. The molecule has 15 heavy (non-hydrogen) atoms. The highest BCUT2D eigenvalue weighted by Crippen LogP contribution is 2.17. The van der Waals surface area contributed by atoms with E-state index in [4.69, 9.17) is 5.26 Å². The van der Waals surface area contributed by atoms with Crippen molar-refractivity contribution < 1.29 is 9.59 Å². The van der Waals surface area contributed by atoms with Gasteiger partial charge in [-0.3, -0.25) is 15.0 Å². The van der Waals surface area contributed by atoms with E-state index in [0.29, 0.717) is 11.3 Å². The Labute approximate surface area is 85.9 Å². The number of anilines is 1. The van der Waals surface area contributed by atoms with Crippen LogP contribution in [-0.4, -0.2) is 18.5 Å². The van der Waals surface area contributed by atoms with Gasteiger partial charge in [0.2, 0.25) is 5.91 Å². The predicted octanol–water partition coefficient (Wildman–Crippen LogP) is 0.614. The molecule has 1 saturated heterocycles. The van der Waals surface area contributed by atoms with Crippen molar-refractivity contribution >= 4 is 17.6 Å². The summed E-state index contributed by atoms with van der Waals surface area (Å²) in [4.78, 5) is 23.5. The third-order valence-electron chi connectivity index (χ3n) is 2.08. The van der Waals surface area contributed by atoms with E-state index >= 15 is 0 Å². The number of hydrogen-bond donors (Lipinski definition) is 1. The monoisotopic (exact) mass is 201 g/mol. The van der Waals surface area contributed by atoms with Gasteiger partial charge in [0.15, 0.2) is 0 Å². The molecule has 74 valence electrons. The minimum absolute atomic E-state index is 0.00765. The molecule has 1 fully saturated rings. The molecule has 5 heteroatoms. The molecule has 0 unspecified atom stereocenters. The van der Waals surface area contributed by atoms with Crippen LogP contribution in [0.4, 0.5) is 10.5 Å². The summed E-state index contributed by atoms with van der Waals surface area (Å²) in [7, 11) is 0. The number of hydrogen-bond acceptors (Lipinski definition) is 3. The first-order valence-electron chi connectivity index (χ1n) is 4.32. The minimum atomic E-state index is -0.449. The number of nitrogens with zero attached hydrogens (tertiary/aromatic N) is 2. The zero-order valence-corrected chi connectivity index (χ0v) is 7.73. The Bertz CT molecular complexity index is 476. The van der Waals surface area contributed by atoms with Crippen molar-refractivity contribution in [2.75, 3.05) is 11.4 Å². The molecular weight excluding hydrogens is 194 g/mol. The highest BCUT2D eigenvalue weighted by atomic mass is 16.2. The summed E-state index contributed by atoms with van der Waals surface area (Å²) in [6, 6.07) is 8.08. The number of carbonyl (C=O) groups excluding carboxylic acids is 2. The topological polar surface area (TPSA) is 73.2 Å². The summed E-state index contributed by atoms with van der Waals surface area (Å²) >= 11 is 0. The Balaban J connectivity index is 2.34. The Morgan fingerprint density at radius 1 is 1.40 bits per heavy atom. The van der Waals surface area contributed by atoms with Gasteiger partial charge in [-0.25, -0.2) is 4.79 Å².